The number of rotatable bonds is 6. The lowest BCUT2D eigenvalue weighted by Crippen LogP contribution is -2.01. The van der Waals surface area contributed by atoms with E-state index < -0.39 is 4.92 Å². The summed E-state index contributed by atoms with van der Waals surface area (Å²) in [6.07, 6.45) is 1.50. The molecule has 0 aliphatic rings. The second kappa shape index (κ2) is 6.81. The van der Waals surface area contributed by atoms with E-state index in [1.165, 1.54) is 17.8 Å². The summed E-state index contributed by atoms with van der Waals surface area (Å²) in [5.74, 6) is 0.242. The molecule has 0 radical (unpaired) electrons. The molecule has 0 fully saturated rings. The third kappa shape index (κ3) is 3.89. The molecule has 0 spiro atoms. The Morgan fingerprint density at radius 2 is 2.10 bits per heavy atom. The van der Waals surface area contributed by atoms with Crippen molar-refractivity contribution < 1.29 is 9.76 Å². The molecule has 6 heteroatoms. The predicted molar refractivity (Wildman–Crippen MR) is 79.4 cm³/mol. The fourth-order valence-corrected chi connectivity index (χ4v) is 2.32. The van der Waals surface area contributed by atoms with E-state index in [0.717, 1.165) is 11.3 Å². The number of nitrogens with zero attached hydrogens (tertiary/aromatic N) is 2. The summed E-state index contributed by atoms with van der Waals surface area (Å²) < 4.78 is 0. The van der Waals surface area contributed by atoms with Gasteiger partial charge in [0.2, 0.25) is 0 Å². The van der Waals surface area contributed by atoms with Gasteiger partial charge in [-0.3, -0.25) is 10.1 Å². The zero-order valence-electron chi connectivity index (χ0n) is 10.9. The number of hydrogen-bond acceptors (Lipinski definition) is 5. The zero-order chi connectivity index (χ0) is 14.4. The maximum Gasteiger partial charge on any atom is 0.324 e. The van der Waals surface area contributed by atoms with Crippen LogP contribution in [0, 0.1) is 10.1 Å². The molecule has 1 aromatic carbocycles. The first-order valence-corrected chi connectivity index (χ1v) is 6.93. The van der Waals surface area contributed by atoms with Gasteiger partial charge in [0.05, 0.1) is 16.0 Å². The number of thiophene rings is 1. The fraction of sp³-hybridized carbons (Fsp3) is 0.214. The summed E-state index contributed by atoms with van der Waals surface area (Å²) in [4.78, 5) is 16.0. The number of nitro groups is 1. The second-order valence-corrected chi connectivity index (χ2v) is 5.37. The van der Waals surface area contributed by atoms with Crippen molar-refractivity contribution in [3.05, 3.63) is 63.0 Å². The summed E-state index contributed by atoms with van der Waals surface area (Å²) in [7, 11) is 0. The van der Waals surface area contributed by atoms with Gasteiger partial charge in [-0.2, -0.15) is 0 Å². The van der Waals surface area contributed by atoms with E-state index in [1.807, 2.05) is 30.3 Å². The minimum absolute atomic E-state index is 0.101. The van der Waals surface area contributed by atoms with Crippen LogP contribution >= 0.6 is 11.3 Å². The van der Waals surface area contributed by atoms with Crippen LogP contribution in [0.25, 0.3) is 0 Å². The van der Waals surface area contributed by atoms with Crippen LogP contribution in [-0.2, 0) is 4.84 Å². The lowest BCUT2D eigenvalue weighted by atomic mass is 10.0. The van der Waals surface area contributed by atoms with Gasteiger partial charge < -0.3 is 4.84 Å². The maximum atomic E-state index is 10.5. The molecule has 1 atom stereocenters. The van der Waals surface area contributed by atoms with E-state index in [1.54, 1.807) is 6.07 Å². The van der Waals surface area contributed by atoms with Crippen molar-refractivity contribution >= 4 is 22.6 Å². The summed E-state index contributed by atoms with van der Waals surface area (Å²) in [6, 6.07) is 13.1. The first-order chi connectivity index (χ1) is 9.66. The smallest absolute Gasteiger partial charge is 0.324 e. The van der Waals surface area contributed by atoms with Crippen LogP contribution in [0.3, 0.4) is 0 Å². The zero-order valence-corrected chi connectivity index (χ0v) is 11.7. The summed E-state index contributed by atoms with van der Waals surface area (Å²) in [5.41, 5.74) is 1.19. The van der Waals surface area contributed by atoms with Gasteiger partial charge >= 0.3 is 5.00 Å². The highest BCUT2D eigenvalue weighted by atomic mass is 32.1. The van der Waals surface area contributed by atoms with Crippen LogP contribution in [0.2, 0.25) is 0 Å². The Kier molecular flexibility index (Phi) is 4.84. The standard InChI is InChI=1S/C14H14N2O3S/c1-11(12-5-3-2-4-6-12)10-19-15-9-13-7-8-14(20-13)16(17)18/h2-9,11H,10H2,1H3. The molecule has 0 aliphatic heterocycles. The molecule has 0 saturated heterocycles. The average molecular weight is 290 g/mol. The van der Waals surface area contributed by atoms with Gasteiger partial charge in [-0.1, -0.05) is 53.7 Å². The molecule has 20 heavy (non-hydrogen) atoms. The Morgan fingerprint density at radius 3 is 2.75 bits per heavy atom. The average Bonchev–Trinajstić information content (AvgIpc) is 2.93. The molecule has 0 amide bonds. The monoisotopic (exact) mass is 290 g/mol. The molecule has 1 aromatic heterocycles. The topological polar surface area (TPSA) is 64.7 Å². The van der Waals surface area contributed by atoms with Crippen molar-refractivity contribution in [3.8, 4) is 0 Å². The lowest BCUT2D eigenvalue weighted by Gasteiger charge is -2.09. The van der Waals surface area contributed by atoms with Gasteiger partial charge in [0.1, 0.15) is 6.61 Å². The normalized spacial score (nSPS) is 12.4. The van der Waals surface area contributed by atoms with Crippen LogP contribution in [0.4, 0.5) is 5.00 Å². The molecule has 0 bridgehead atoms. The minimum atomic E-state index is -0.416. The van der Waals surface area contributed by atoms with Crippen molar-refractivity contribution in [1.82, 2.24) is 0 Å². The Hall–Kier alpha value is -2.21. The van der Waals surface area contributed by atoms with Crippen molar-refractivity contribution in [1.29, 1.82) is 0 Å². The van der Waals surface area contributed by atoms with Gasteiger partial charge in [-0.25, -0.2) is 0 Å². The van der Waals surface area contributed by atoms with Gasteiger partial charge in [-0.05, 0) is 11.6 Å². The number of benzene rings is 1. The summed E-state index contributed by atoms with van der Waals surface area (Å²) in [6.45, 7) is 2.52. The molecular weight excluding hydrogens is 276 g/mol. The molecule has 5 nitrogen and oxygen atoms in total. The van der Waals surface area contributed by atoms with E-state index in [9.17, 15) is 10.1 Å². The van der Waals surface area contributed by atoms with Crippen molar-refractivity contribution in [3.63, 3.8) is 0 Å². The molecule has 0 aliphatic carbocycles. The van der Waals surface area contributed by atoms with E-state index in [-0.39, 0.29) is 10.9 Å². The van der Waals surface area contributed by atoms with Gasteiger partial charge in [-0.15, -0.1) is 0 Å². The molecule has 2 rings (SSSR count). The first-order valence-electron chi connectivity index (χ1n) is 6.11. The fourth-order valence-electron chi connectivity index (χ4n) is 1.63. The Bertz CT molecular complexity index is 595. The van der Waals surface area contributed by atoms with Crippen LogP contribution in [0.15, 0.2) is 47.6 Å². The highest BCUT2D eigenvalue weighted by molar-refractivity contribution is 7.16. The SMILES string of the molecule is CC(CON=Cc1ccc([N+](=O)[O-])s1)c1ccccc1. The predicted octanol–water partition coefficient (Wildman–Crippen LogP) is 3.81. The van der Waals surface area contributed by atoms with Crippen LogP contribution < -0.4 is 0 Å². The van der Waals surface area contributed by atoms with E-state index >= 15 is 0 Å². The first kappa shape index (κ1) is 14.2. The largest absolute Gasteiger partial charge is 0.395 e. The van der Waals surface area contributed by atoms with E-state index in [0.29, 0.717) is 11.5 Å². The summed E-state index contributed by atoms with van der Waals surface area (Å²) >= 11 is 1.07. The van der Waals surface area contributed by atoms with Crippen LogP contribution in [-0.4, -0.2) is 17.7 Å². The molecule has 1 heterocycles. The molecule has 2 aromatic rings. The van der Waals surface area contributed by atoms with Crippen LogP contribution in [0.5, 0.6) is 0 Å². The van der Waals surface area contributed by atoms with Crippen molar-refractivity contribution in [2.75, 3.05) is 6.61 Å². The highest BCUT2D eigenvalue weighted by Crippen LogP contribution is 2.22. The number of hydrogen-bond donors (Lipinski definition) is 0. The van der Waals surface area contributed by atoms with Crippen molar-refractivity contribution in [2.45, 2.75) is 12.8 Å². The Morgan fingerprint density at radius 1 is 1.35 bits per heavy atom. The second-order valence-electron chi connectivity index (χ2n) is 4.28. The van der Waals surface area contributed by atoms with Gasteiger partial charge in [0.15, 0.2) is 0 Å². The van der Waals surface area contributed by atoms with Crippen LogP contribution in [0.1, 0.15) is 23.3 Å². The maximum absolute atomic E-state index is 10.5. The molecule has 0 N–H and O–H groups in total. The molecule has 104 valence electrons. The minimum Gasteiger partial charge on any atom is -0.395 e. The molecule has 1 unspecified atom stereocenters. The summed E-state index contributed by atoms with van der Waals surface area (Å²) in [5, 5.41) is 14.5. The van der Waals surface area contributed by atoms with E-state index in [2.05, 4.69) is 12.1 Å². The van der Waals surface area contributed by atoms with Crippen molar-refractivity contribution in [2.24, 2.45) is 5.16 Å². The molecular formula is C14H14N2O3S. The van der Waals surface area contributed by atoms with Gasteiger partial charge in [0.25, 0.3) is 0 Å². The Labute approximate surface area is 120 Å². The lowest BCUT2D eigenvalue weighted by molar-refractivity contribution is -0.380. The Balaban J connectivity index is 1.83. The number of oxime groups is 1. The van der Waals surface area contributed by atoms with Gasteiger partial charge in [0, 0.05) is 12.0 Å². The third-order valence-electron chi connectivity index (χ3n) is 2.74. The molecule has 0 saturated carbocycles. The van der Waals surface area contributed by atoms with E-state index in [4.69, 9.17) is 4.84 Å². The third-order valence-corrected chi connectivity index (χ3v) is 3.71. The highest BCUT2D eigenvalue weighted by Gasteiger charge is 2.08. The quantitative estimate of drug-likeness (QED) is 0.461.